The van der Waals surface area contributed by atoms with Crippen LogP contribution in [0, 0.1) is 5.92 Å². The molecule has 1 amide bonds. The highest BCUT2D eigenvalue weighted by atomic mass is 32.2. The molecule has 1 heterocycles. The third kappa shape index (κ3) is 7.69. The highest BCUT2D eigenvalue weighted by Crippen LogP contribution is 2.43. The summed E-state index contributed by atoms with van der Waals surface area (Å²) in [5.41, 5.74) is 6.57. The van der Waals surface area contributed by atoms with Gasteiger partial charge >= 0.3 is 5.97 Å². The lowest BCUT2D eigenvalue weighted by molar-refractivity contribution is -0.268. The van der Waals surface area contributed by atoms with E-state index in [-0.39, 0.29) is 36.2 Å². The first kappa shape index (κ1) is 33.2. The Morgan fingerprint density at radius 1 is 0.771 bits per heavy atom. The van der Waals surface area contributed by atoms with Gasteiger partial charge < -0.3 is 25.0 Å². The van der Waals surface area contributed by atoms with Gasteiger partial charge in [0.05, 0.1) is 24.4 Å². The zero-order valence-corrected chi connectivity index (χ0v) is 27.3. The first-order valence-corrected chi connectivity index (χ1v) is 16.9. The normalized spacial score (nSPS) is 19.0. The molecule has 6 rings (SSSR count). The Kier molecular flexibility index (Phi) is 10.7. The van der Waals surface area contributed by atoms with Crippen LogP contribution in [0.3, 0.4) is 0 Å². The maximum Gasteiger partial charge on any atom is 0.336 e. The van der Waals surface area contributed by atoms with Crippen molar-refractivity contribution in [2.45, 2.75) is 43.5 Å². The van der Waals surface area contributed by atoms with Gasteiger partial charge in [0, 0.05) is 34.2 Å². The van der Waals surface area contributed by atoms with E-state index in [4.69, 9.17) is 9.47 Å². The first-order chi connectivity index (χ1) is 23.4. The monoisotopic (exact) mass is 659 g/mol. The van der Waals surface area contributed by atoms with Gasteiger partial charge in [0.25, 0.3) is 5.91 Å². The van der Waals surface area contributed by atoms with E-state index in [2.05, 4.69) is 12.2 Å². The summed E-state index contributed by atoms with van der Waals surface area (Å²) in [7, 11) is 0. The Morgan fingerprint density at radius 3 is 2.17 bits per heavy atom. The quantitative estimate of drug-likeness (QED) is 0.123. The number of thioether (sulfide) groups is 1. The van der Waals surface area contributed by atoms with E-state index < -0.39 is 12.3 Å². The fourth-order valence-electron chi connectivity index (χ4n) is 5.89. The van der Waals surface area contributed by atoms with Gasteiger partial charge in [-0.15, -0.1) is 11.8 Å². The number of benzene rings is 5. The molecule has 0 aliphatic carbocycles. The van der Waals surface area contributed by atoms with Crippen LogP contribution in [0.5, 0.6) is 0 Å². The number of hydrogen-bond acceptors (Lipinski definition) is 6. The van der Waals surface area contributed by atoms with Crippen LogP contribution in [0.15, 0.2) is 132 Å². The van der Waals surface area contributed by atoms with E-state index >= 15 is 0 Å². The van der Waals surface area contributed by atoms with Crippen LogP contribution < -0.4 is 5.32 Å². The van der Waals surface area contributed by atoms with Gasteiger partial charge in [-0.2, -0.15) is 0 Å². The molecule has 244 valence electrons. The molecule has 5 aromatic rings. The summed E-state index contributed by atoms with van der Waals surface area (Å²) in [5.74, 6) is -0.584. The number of carbonyl (C=O) groups excluding carboxylic acids is 1. The number of amides is 1. The molecule has 48 heavy (non-hydrogen) atoms. The number of nitrogens with one attached hydrogen (secondary N) is 1. The number of hydrogen-bond donors (Lipinski definition) is 3. The minimum Gasteiger partial charge on any atom is -0.478 e. The Balaban J connectivity index is 1.22. The zero-order valence-electron chi connectivity index (χ0n) is 26.5. The Labute approximate surface area is 284 Å². The standard InChI is InChI=1S/C40H37NO6S/c1-26-35(25-48-36-14-8-7-13-34(36)39(44)45)46-40(47-37(26)29-17-15-27(24-42)16-18-29)31-21-19-28(20-22-31)33-12-6-5-11-32(33)23-41-38(43)30-9-3-2-4-10-30/h2-22,26,35,37,40,42H,23-25H2,1H3,(H,41,43)(H,44,45)/t26-,35+,37+,40+/m0/s1. The fraction of sp³-hybridized carbons (Fsp3) is 0.200. The number of carboxylic acid groups (broad SMARTS) is 1. The molecule has 4 atom stereocenters. The summed E-state index contributed by atoms with van der Waals surface area (Å²) in [6.45, 7) is 2.44. The van der Waals surface area contributed by atoms with Gasteiger partial charge in [0.1, 0.15) is 0 Å². The van der Waals surface area contributed by atoms with E-state index in [0.29, 0.717) is 22.8 Å². The molecular weight excluding hydrogens is 623 g/mol. The second-order valence-electron chi connectivity index (χ2n) is 11.8. The van der Waals surface area contributed by atoms with Crippen LogP contribution in [-0.2, 0) is 22.6 Å². The Hall–Kier alpha value is -4.73. The summed E-state index contributed by atoms with van der Waals surface area (Å²) < 4.78 is 13.2. The minimum absolute atomic E-state index is 0.0375. The molecule has 1 saturated heterocycles. The van der Waals surface area contributed by atoms with Crippen molar-refractivity contribution in [1.82, 2.24) is 5.32 Å². The van der Waals surface area contributed by atoms with E-state index in [0.717, 1.165) is 33.4 Å². The summed E-state index contributed by atoms with van der Waals surface area (Å²) in [4.78, 5) is 25.2. The van der Waals surface area contributed by atoms with Crippen molar-refractivity contribution in [3.63, 3.8) is 0 Å². The van der Waals surface area contributed by atoms with Gasteiger partial charge in [-0.05, 0) is 52.1 Å². The fourth-order valence-corrected chi connectivity index (χ4v) is 7.11. The lowest BCUT2D eigenvalue weighted by Crippen LogP contribution is -2.38. The van der Waals surface area contributed by atoms with Crippen LogP contribution in [0.4, 0.5) is 0 Å². The molecule has 0 bridgehead atoms. The number of rotatable bonds is 11. The average molecular weight is 660 g/mol. The molecule has 0 unspecified atom stereocenters. The maximum atomic E-state index is 12.7. The molecule has 3 N–H and O–H groups in total. The van der Waals surface area contributed by atoms with Crippen LogP contribution in [0.1, 0.15) is 62.3 Å². The lowest BCUT2D eigenvalue weighted by atomic mass is 9.91. The van der Waals surface area contributed by atoms with E-state index in [1.165, 1.54) is 11.8 Å². The number of ether oxygens (including phenoxy) is 2. The lowest BCUT2D eigenvalue weighted by Gasteiger charge is -2.41. The highest BCUT2D eigenvalue weighted by molar-refractivity contribution is 7.99. The summed E-state index contributed by atoms with van der Waals surface area (Å²) >= 11 is 1.47. The first-order valence-electron chi connectivity index (χ1n) is 15.9. The molecule has 5 aromatic carbocycles. The molecule has 1 fully saturated rings. The molecule has 7 nitrogen and oxygen atoms in total. The molecule has 8 heteroatoms. The van der Waals surface area contributed by atoms with Gasteiger partial charge in [-0.3, -0.25) is 4.79 Å². The predicted octanol–water partition coefficient (Wildman–Crippen LogP) is 8.06. The zero-order chi connectivity index (χ0) is 33.5. The molecule has 1 aliphatic heterocycles. The van der Waals surface area contributed by atoms with Crippen LogP contribution in [0.25, 0.3) is 11.1 Å². The van der Waals surface area contributed by atoms with Crippen LogP contribution in [0.2, 0.25) is 0 Å². The van der Waals surface area contributed by atoms with Gasteiger partial charge in [0.2, 0.25) is 0 Å². The second kappa shape index (κ2) is 15.4. The highest BCUT2D eigenvalue weighted by Gasteiger charge is 2.38. The summed E-state index contributed by atoms with van der Waals surface area (Å²) in [6.07, 6.45) is -1.18. The topological polar surface area (TPSA) is 105 Å². The van der Waals surface area contributed by atoms with Crippen molar-refractivity contribution in [1.29, 1.82) is 0 Å². The van der Waals surface area contributed by atoms with E-state index in [1.54, 1.807) is 24.3 Å². The predicted molar refractivity (Wildman–Crippen MR) is 187 cm³/mol. The Bertz CT molecular complexity index is 1840. The van der Waals surface area contributed by atoms with Crippen molar-refractivity contribution >= 4 is 23.6 Å². The average Bonchev–Trinajstić information content (AvgIpc) is 3.14. The van der Waals surface area contributed by atoms with Crippen LogP contribution in [-0.4, -0.2) is 33.9 Å². The number of aliphatic hydroxyl groups is 1. The van der Waals surface area contributed by atoms with E-state index in [9.17, 15) is 19.8 Å². The van der Waals surface area contributed by atoms with E-state index in [1.807, 2.05) is 103 Å². The third-order valence-corrected chi connectivity index (χ3v) is 9.79. The summed E-state index contributed by atoms with van der Waals surface area (Å²) in [5, 5.41) is 22.3. The molecule has 0 radical (unpaired) electrons. The van der Waals surface area contributed by atoms with Gasteiger partial charge in [-0.25, -0.2) is 4.79 Å². The van der Waals surface area contributed by atoms with Gasteiger partial charge in [0.15, 0.2) is 6.29 Å². The number of carbonyl (C=O) groups is 2. The number of aromatic carboxylic acids is 1. The number of aliphatic hydroxyl groups excluding tert-OH is 1. The van der Waals surface area contributed by atoms with Crippen LogP contribution >= 0.6 is 11.8 Å². The minimum atomic E-state index is -0.959. The molecular formula is C40H37NO6S. The molecule has 1 aliphatic rings. The molecule has 0 spiro atoms. The van der Waals surface area contributed by atoms with Crippen molar-refractivity contribution < 1.29 is 29.3 Å². The molecule has 0 saturated carbocycles. The van der Waals surface area contributed by atoms with Gasteiger partial charge in [-0.1, -0.05) is 110 Å². The smallest absolute Gasteiger partial charge is 0.336 e. The summed E-state index contributed by atoms with van der Waals surface area (Å²) in [6, 6.07) is 40.0. The largest absolute Gasteiger partial charge is 0.478 e. The van der Waals surface area contributed by atoms with Crippen molar-refractivity contribution in [2.75, 3.05) is 5.75 Å². The third-order valence-electron chi connectivity index (χ3n) is 8.63. The second-order valence-corrected chi connectivity index (χ2v) is 12.8. The maximum absolute atomic E-state index is 12.7. The SMILES string of the molecule is C[C@H]1[C@@H](CSc2ccccc2C(=O)O)O[C@@H](c2ccc(-c3ccccc3CNC(=O)c3ccccc3)cc2)O[C@H]1c1ccc(CO)cc1. The van der Waals surface area contributed by atoms with Crippen molar-refractivity contribution in [3.8, 4) is 11.1 Å². The molecule has 0 aromatic heterocycles. The Morgan fingerprint density at radius 2 is 1.44 bits per heavy atom. The van der Waals surface area contributed by atoms with Crippen molar-refractivity contribution in [2.24, 2.45) is 5.92 Å². The van der Waals surface area contributed by atoms with Crippen molar-refractivity contribution in [3.05, 3.63) is 161 Å². The number of carboxylic acids is 1.